The van der Waals surface area contributed by atoms with Crippen molar-refractivity contribution in [2.24, 2.45) is 0 Å². The van der Waals surface area contributed by atoms with E-state index >= 15 is 0 Å². The maximum atomic E-state index is 4.67. The van der Waals surface area contributed by atoms with Crippen molar-refractivity contribution in [2.75, 3.05) is 30.8 Å². The second-order valence-electron chi connectivity index (χ2n) is 6.02. The Kier molecular flexibility index (Phi) is 3.18. The van der Waals surface area contributed by atoms with Crippen LogP contribution in [0, 0.1) is 0 Å². The van der Waals surface area contributed by atoms with Gasteiger partial charge in [-0.05, 0) is 25.8 Å². The minimum atomic E-state index is 0.491. The third-order valence-corrected chi connectivity index (χ3v) is 4.81. The Morgan fingerprint density at radius 2 is 2.19 bits per heavy atom. The highest BCUT2D eigenvalue weighted by molar-refractivity contribution is 5.65. The minimum Gasteiger partial charge on any atom is -0.372 e. The van der Waals surface area contributed by atoms with E-state index in [1.165, 1.54) is 38.8 Å². The van der Waals surface area contributed by atoms with Crippen LogP contribution in [0.5, 0.6) is 0 Å². The van der Waals surface area contributed by atoms with E-state index in [2.05, 4.69) is 25.5 Å². The fourth-order valence-electron chi connectivity index (χ4n) is 3.74. The van der Waals surface area contributed by atoms with Gasteiger partial charge in [0.15, 0.2) is 11.5 Å². The molecule has 2 aliphatic heterocycles. The lowest BCUT2D eigenvalue weighted by molar-refractivity contribution is 0.192. The smallest absolute Gasteiger partial charge is 0.180 e. The number of imidazole rings is 1. The minimum absolute atomic E-state index is 0.491. The van der Waals surface area contributed by atoms with Gasteiger partial charge in [0.05, 0.1) is 6.20 Å². The molecule has 2 fully saturated rings. The summed E-state index contributed by atoms with van der Waals surface area (Å²) in [5, 5.41) is 6.79. The van der Waals surface area contributed by atoms with E-state index in [4.69, 9.17) is 0 Å². The average molecular weight is 286 g/mol. The van der Waals surface area contributed by atoms with E-state index in [-0.39, 0.29) is 0 Å². The van der Waals surface area contributed by atoms with Crippen molar-refractivity contribution < 1.29 is 0 Å². The Balaban J connectivity index is 1.63. The molecule has 2 atom stereocenters. The van der Waals surface area contributed by atoms with E-state index in [0.29, 0.717) is 12.1 Å². The van der Waals surface area contributed by atoms with Crippen LogP contribution < -0.4 is 10.6 Å². The molecule has 6 heteroatoms. The molecule has 0 radical (unpaired) electrons. The second-order valence-corrected chi connectivity index (χ2v) is 6.02. The SMILES string of the molecule is CNc1cn2ccnc2c(NC2CCN3CCCCC23)n1. The standard InChI is InChI=1S/C15H22N6/c1-16-13-10-21-9-6-17-15(21)14(19-13)18-11-5-8-20-7-3-2-4-12(11)20/h6,9-12,16H,2-5,7-8H2,1H3,(H,18,19). The first kappa shape index (κ1) is 12.9. The van der Waals surface area contributed by atoms with Gasteiger partial charge in [0, 0.05) is 38.1 Å². The number of anilines is 2. The molecule has 112 valence electrons. The van der Waals surface area contributed by atoms with Crippen LogP contribution in [-0.2, 0) is 0 Å². The Hall–Kier alpha value is -1.82. The third kappa shape index (κ3) is 2.23. The molecule has 0 bridgehead atoms. The molecule has 2 aliphatic rings. The molecule has 4 rings (SSSR count). The second kappa shape index (κ2) is 5.18. The molecule has 0 spiro atoms. The summed E-state index contributed by atoms with van der Waals surface area (Å²) in [7, 11) is 1.90. The largest absolute Gasteiger partial charge is 0.372 e. The molecule has 2 N–H and O–H groups in total. The first-order chi connectivity index (χ1) is 10.3. The van der Waals surface area contributed by atoms with E-state index < -0.39 is 0 Å². The summed E-state index contributed by atoms with van der Waals surface area (Å²) in [5.74, 6) is 1.76. The van der Waals surface area contributed by atoms with Gasteiger partial charge >= 0.3 is 0 Å². The number of nitrogens with one attached hydrogen (secondary N) is 2. The average Bonchev–Trinajstić information content (AvgIpc) is 3.14. The Morgan fingerprint density at radius 3 is 3.10 bits per heavy atom. The normalized spacial score (nSPS) is 26.0. The number of aromatic nitrogens is 3. The summed E-state index contributed by atoms with van der Waals surface area (Å²) in [5.41, 5.74) is 0.906. The van der Waals surface area contributed by atoms with Crippen molar-refractivity contribution in [3.05, 3.63) is 18.6 Å². The van der Waals surface area contributed by atoms with Gasteiger partial charge < -0.3 is 15.0 Å². The lowest BCUT2D eigenvalue weighted by Gasteiger charge is -2.32. The molecule has 0 aromatic carbocycles. The quantitative estimate of drug-likeness (QED) is 0.901. The van der Waals surface area contributed by atoms with E-state index in [9.17, 15) is 0 Å². The zero-order valence-corrected chi connectivity index (χ0v) is 12.4. The zero-order chi connectivity index (χ0) is 14.2. The number of hydrogen-bond acceptors (Lipinski definition) is 5. The maximum Gasteiger partial charge on any atom is 0.180 e. The predicted octanol–water partition coefficient (Wildman–Crippen LogP) is 1.81. The highest BCUT2D eigenvalue weighted by atomic mass is 15.2. The highest BCUT2D eigenvalue weighted by Crippen LogP contribution is 2.30. The Labute approximate surface area is 124 Å². The van der Waals surface area contributed by atoms with Crippen LogP contribution in [-0.4, -0.2) is 51.5 Å². The van der Waals surface area contributed by atoms with Gasteiger partial charge in [-0.3, -0.25) is 4.90 Å². The van der Waals surface area contributed by atoms with Crippen LogP contribution in [0.4, 0.5) is 11.6 Å². The number of rotatable bonds is 3. The van der Waals surface area contributed by atoms with Gasteiger partial charge in [-0.1, -0.05) is 6.42 Å². The van der Waals surface area contributed by atoms with Crippen molar-refractivity contribution in [2.45, 2.75) is 37.8 Å². The number of fused-ring (bicyclic) bond motifs is 2. The Morgan fingerprint density at radius 1 is 1.24 bits per heavy atom. The van der Waals surface area contributed by atoms with Crippen molar-refractivity contribution >= 4 is 17.3 Å². The van der Waals surface area contributed by atoms with Crippen molar-refractivity contribution in [3.8, 4) is 0 Å². The zero-order valence-electron chi connectivity index (χ0n) is 12.4. The molecule has 0 aliphatic carbocycles. The number of hydrogen-bond donors (Lipinski definition) is 2. The molecule has 21 heavy (non-hydrogen) atoms. The molecule has 2 aromatic rings. The number of nitrogens with zero attached hydrogens (tertiary/aromatic N) is 4. The van der Waals surface area contributed by atoms with Crippen LogP contribution in [0.15, 0.2) is 18.6 Å². The highest BCUT2D eigenvalue weighted by Gasteiger charge is 2.35. The van der Waals surface area contributed by atoms with Gasteiger partial charge in [0.2, 0.25) is 0 Å². The van der Waals surface area contributed by atoms with Crippen LogP contribution in [0.25, 0.3) is 5.65 Å². The van der Waals surface area contributed by atoms with E-state index in [1.807, 2.05) is 30.0 Å². The molecule has 4 heterocycles. The summed E-state index contributed by atoms with van der Waals surface area (Å²) in [6.07, 6.45) is 10.9. The van der Waals surface area contributed by atoms with Gasteiger partial charge in [0.25, 0.3) is 0 Å². The third-order valence-electron chi connectivity index (χ3n) is 4.81. The van der Waals surface area contributed by atoms with E-state index in [1.54, 1.807) is 0 Å². The van der Waals surface area contributed by atoms with E-state index in [0.717, 1.165) is 17.3 Å². The Bertz CT molecular complexity index is 636. The van der Waals surface area contributed by atoms with Crippen molar-refractivity contribution in [3.63, 3.8) is 0 Å². The fourth-order valence-corrected chi connectivity index (χ4v) is 3.74. The van der Waals surface area contributed by atoms with Gasteiger partial charge in [-0.15, -0.1) is 0 Å². The summed E-state index contributed by atoms with van der Waals surface area (Å²) in [6, 6.07) is 1.15. The molecular weight excluding hydrogens is 264 g/mol. The topological polar surface area (TPSA) is 57.5 Å². The van der Waals surface area contributed by atoms with Gasteiger partial charge in [0.1, 0.15) is 5.82 Å². The maximum absolute atomic E-state index is 4.67. The number of piperidine rings is 1. The summed E-state index contributed by atoms with van der Waals surface area (Å²) in [6.45, 7) is 2.46. The van der Waals surface area contributed by atoms with Gasteiger partial charge in [-0.2, -0.15) is 0 Å². The van der Waals surface area contributed by atoms with Gasteiger partial charge in [-0.25, -0.2) is 9.97 Å². The fraction of sp³-hybridized carbons (Fsp3) is 0.600. The molecule has 2 saturated heterocycles. The van der Waals surface area contributed by atoms with Crippen LogP contribution in [0.1, 0.15) is 25.7 Å². The lowest BCUT2D eigenvalue weighted by Crippen LogP contribution is -2.41. The van der Waals surface area contributed by atoms with Crippen molar-refractivity contribution in [1.29, 1.82) is 0 Å². The van der Waals surface area contributed by atoms with Crippen LogP contribution in [0.2, 0.25) is 0 Å². The van der Waals surface area contributed by atoms with Crippen molar-refractivity contribution in [1.82, 2.24) is 19.3 Å². The molecular formula is C15H22N6. The molecule has 6 nitrogen and oxygen atoms in total. The first-order valence-corrected chi connectivity index (χ1v) is 7.87. The molecule has 0 amide bonds. The first-order valence-electron chi connectivity index (χ1n) is 7.87. The monoisotopic (exact) mass is 286 g/mol. The summed E-state index contributed by atoms with van der Waals surface area (Å²) >= 11 is 0. The predicted molar refractivity (Wildman–Crippen MR) is 83.8 cm³/mol. The summed E-state index contributed by atoms with van der Waals surface area (Å²) in [4.78, 5) is 11.7. The van der Waals surface area contributed by atoms with Crippen LogP contribution >= 0.6 is 0 Å². The van der Waals surface area contributed by atoms with Crippen LogP contribution in [0.3, 0.4) is 0 Å². The molecule has 0 saturated carbocycles. The molecule has 2 unspecified atom stereocenters. The lowest BCUT2D eigenvalue weighted by atomic mass is 9.99. The molecule has 2 aromatic heterocycles. The summed E-state index contributed by atoms with van der Waals surface area (Å²) < 4.78 is 2.02.